The van der Waals surface area contributed by atoms with E-state index in [1.165, 1.54) is 17.3 Å². The first-order chi connectivity index (χ1) is 10.8. The molecule has 0 aliphatic carbocycles. The maximum atomic E-state index is 11.4. The molecule has 23 heavy (non-hydrogen) atoms. The summed E-state index contributed by atoms with van der Waals surface area (Å²) in [5, 5.41) is 27.6. The van der Waals surface area contributed by atoms with Gasteiger partial charge in [0, 0.05) is 27.6 Å². The summed E-state index contributed by atoms with van der Waals surface area (Å²) < 4.78 is 0.969. The maximum absolute atomic E-state index is 11.4. The average molecular weight is 429 g/mol. The fourth-order valence-corrected chi connectivity index (χ4v) is 2.61. The fraction of sp³-hybridized carbons (Fsp3) is 0.133. The Kier molecular flexibility index (Phi) is 5.04. The van der Waals surface area contributed by atoms with Crippen LogP contribution in [-0.2, 0) is 14.4 Å². The van der Waals surface area contributed by atoms with E-state index in [0.717, 1.165) is 3.57 Å². The molecule has 1 heterocycles. The van der Waals surface area contributed by atoms with E-state index < -0.39 is 30.2 Å². The summed E-state index contributed by atoms with van der Waals surface area (Å²) >= 11 is 2.11. The molecule has 0 saturated heterocycles. The van der Waals surface area contributed by atoms with Crippen LogP contribution in [-0.4, -0.2) is 33.2 Å². The van der Waals surface area contributed by atoms with Crippen molar-refractivity contribution in [2.45, 2.75) is 6.42 Å². The molecule has 1 aromatic rings. The summed E-state index contributed by atoms with van der Waals surface area (Å²) in [4.78, 5) is 35.2. The van der Waals surface area contributed by atoms with E-state index in [0.29, 0.717) is 5.69 Å². The molecule has 120 valence electrons. The largest absolute Gasteiger partial charge is 0.481 e. The van der Waals surface area contributed by atoms with Gasteiger partial charge in [0.25, 0.3) is 0 Å². The van der Waals surface area contributed by atoms with Crippen molar-refractivity contribution in [1.82, 2.24) is 0 Å². The van der Waals surface area contributed by atoms with Gasteiger partial charge in [-0.1, -0.05) is 0 Å². The Morgan fingerprint density at radius 3 is 1.83 bits per heavy atom. The Labute approximate surface area is 144 Å². The number of carbonyl (C=O) groups is 3. The van der Waals surface area contributed by atoms with Gasteiger partial charge in [-0.2, -0.15) is 0 Å². The van der Waals surface area contributed by atoms with Crippen molar-refractivity contribution in [2.24, 2.45) is 5.92 Å². The molecular weight excluding hydrogens is 417 g/mol. The highest BCUT2D eigenvalue weighted by Gasteiger charge is 2.34. The monoisotopic (exact) mass is 429 g/mol. The van der Waals surface area contributed by atoms with Crippen LogP contribution in [0.1, 0.15) is 6.42 Å². The van der Waals surface area contributed by atoms with Crippen molar-refractivity contribution < 1.29 is 29.7 Å². The second kappa shape index (κ2) is 6.82. The second-order valence-corrected chi connectivity index (χ2v) is 6.06. The van der Waals surface area contributed by atoms with Crippen molar-refractivity contribution in [3.8, 4) is 0 Å². The molecule has 1 aliphatic rings. The van der Waals surface area contributed by atoms with Crippen molar-refractivity contribution in [2.75, 3.05) is 4.90 Å². The number of halogens is 1. The van der Waals surface area contributed by atoms with E-state index >= 15 is 0 Å². The predicted octanol–water partition coefficient (Wildman–Crippen LogP) is 2.14. The predicted molar refractivity (Wildman–Crippen MR) is 88.8 cm³/mol. The van der Waals surface area contributed by atoms with Gasteiger partial charge in [0.1, 0.15) is 0 Å². The van der Waals surface area contributed by atoms with E-state index in [-0.39, 0.29) is 11.1 Å². The number of hydrogen-bond donors (Lipinski definition) is 3. The Morgan fingerprint density at radius 2 is 1.43 bits per heavy atom. The Bertz CT molecular complexity index is 690. The first-order valence-electron chi connectivity index (χ1n) is 6.45. The average Bonchev–Trinajstić information content (AvgIpc) is 2.47. The van der Waals surface area contributed by atoms with E-state index in [1.807, 2.05) is 0 Å². The highest BCUT2D eigenvalue weighted by molar-refractivity contribution is 14.1. The number of aliphatic carboxylic acids is 3. The van der Waals surface area contributed by atoms with Crippen LogP contribution in [0.25, 0.3) is 0 Å². The van der Waals surface area contributed by atoms with Gasteiger partial charge in [-0.05, 0) is 46.9 Å². The number of carboxylic acids is 3. The molecule has 2 rings (SSSR count). The molecule has 0 aromatic heterocycles. The Hall–Kier alpha value is -2.36. The Morgan fingerprint density at radius 1 is 0.957 bits per heavy atom. The third kappa shape index (κ3) is 3.89. The third-order valence-electron chi connectivity index (χ3n) is 3.30. The zero-order chi connectivity index (χ0) is 17.1. The zero-order valence-electron chi connectivity index (χ0n) is 11.6. The summed E-state index contributed by atoms with van der Waals surface area (Å²) in [6.07, 6.45) is 1.91. The van der Waals surface area contributed by atoms with Crippen molar-refractivity contribution in [3.05, 3.63) is 51.4 Å². The molecule has 0 saturated carbocycles. The highest BCUT2D eigenvalue weighted by Crippen LogP contribution is 2.32. The lowest BCUT2D eigenvalue weighted by Gasteiger charge is -2.27. The molecule has 1 aliphatic heterocycles. The molecule has 0 bridgehead atoms. The number of nitrogens with zero attached hydrogens (tertiary/aromatic N) is 1. The van der Waals surface area contributed by atoms with E-state index in [2.05, 4.69) is 22.6 Å². The van der Waals surface area contributed by atoms with Crippen LogP contribution < -0.4 is 4.90 Å². The molecule has 3 N–H and O–H groups in total. The second-order valence-electron chi connectivity index (χ2n) is 4.81. The van der Waals surface area contributed by atoms with Crippen molar-refractivity contribution >= 4 is 46.2 Å². The fourth-order valence-electron chi connectivity index (χ4n) is 2.25. The minimum absolute atomic E-state index is 0.272. The molecule has 0 amide bonds. The Balaban J connectivity index is 2.51. The lowest BCUT2D eigenvalue weighted by atomic mass is 9.86. The normalized spacial score (nSPS) is 14.9. The zero-order valence-corrected chi connectivity index (χ0v) is 13.8. The minimum Gasteiger partial charge on any atom is -0.481 e. The van der Waals surface area contributed by atoms with Gasteiger partial charge in [0.2, 0.25) is 0 Å². The number of anilines is 1. The molecule has 1 aromatic carbocycles. The van der Waals surface area contributed by atoms with Crippen LogP contribution in [0, 0.1) is 9.49 Å². The summed E-state index contributed by atoms with van der Waals surface area (Å²) in [5.74, 6) is -5.17. The first-order valence-corrected chi connectivity index (χ1v) is 7.53. The van der Waals surface area contributed by atoms with Crippen LogP contribution in [0.2, 0.25) is 0 Å². The topological polar surface area (TPSA) is 115 Å². The van der Waals surface area contributed by atoms with Crippen LogP contribution >= 0.6 is 22.6 Å². The standard InChI is InChI=1S/C15H12INO6/c16-8-1-3-9(4-2-8)17-6-11(14(20)21)10(5-13(18)19)12(7-17)15(22)23/h1-4,6-7,10H,5H2,(H,18,19)(H,20,21)(H,22,23). The van der Waals surface area contributed by atoms with Crippen LogP contribution in [0.3, 0.4) is 0 Å². The van der Waals surface area contributed by atoms with Crippen LogP contribution in [0.5, 0.6) is 0 Å². The quantitative estimate of drug-likeness (QED) is 0.615. The number of benzene rings is 1. The number of carboxylic acid groups (broad SMARTS) is 3. The van der Waals surface area contributed by atoms with Gasteiger partial charge in [-0.3, -0.25) is 4.79 Å². The SMILES string of the molecule is O=C(O)CC1C(C(=O)O)=CN(c2ccc(I)cc2)C=C1C(=O)O. The molecule has 0 fully saturated rings. The molecule has 7 nitrogen and oxygen atoms in total. The van der Waals surface area contributed by atoms with Gasteiger partial charge in [0.05, 0.1) is 17.6 Å². The lowest BCUT2D eigenvalue weighted by Crippen LogP contribution is -2.30. The number of rotatable bonds is 5. The third-order valence-corrected chi connectivity index (χ3v) is 4.02. The van der Waals surface area contributed by atoms with Gasteiger partial charge in [0.15, 0.2) is 0 Å². The van der Waals surface area contributed by atoms with Crippen molar-refractivity contribution in [1.29, 1.82) is 0 Å². The lowest BCUT2D eigenvalue weighted by molar-refractivity contribution is -0.138. The van der Waals surface area contributed by atoms with E-state index in [1.54, 1.807) is 24.3 Å². The van der Waals surface area contributed by atoms with Crippen molar-refractivity contribution in [3.63, 3.8) is 0 Å². The summed E-state index contributed by atoms with van der Waals surface area (Å²) in [7, 11) is 0. The molecule has 0 spiro atoms. The van der Waals surface area contributed by atoms with Crippen LogP contribution in [0.4, 0.5) is 5.69 Å². The summed E-state index contributed by atoms with van der Waals surface area (Å²) in [5.41, 5.74) is 0.0355. The summed E-state index contributed by atoms with van der Waals surface area (Å²) in [6.45, 7) is 0. The molecule has 0 radical (unpaired) electrons. The van der Waals surface area contributed by atoms with Gasteiger partial charge in [-0.15, -0.1) is 0 Å². The van der Waals surface area contributed by atoms with Gasteiger partial charge in [-0.25, -0.2) is 9.59 Å². The van der Waals surface area contributed by atoms with E-state index in [4.69, 9.17) is 5.11 Å². The molecule has 0 atom stereocenters. The van der Waals surface area contributed by atoms with Gasteiger partial charge >= 0.3 is 17.9 Å². The highest BCUT2D eigenvalue weighted by atomic mass is 127. The first kappa shape index (κ1) is 17.0. The minimum atomic E-state index is -1.35. The summed E-state index contributed by atoms with van der Waals surface area (Å²) in [6, 6.07) is 7.01. The maximum Gasteiger partial charge on any atom is 0.333 e. The number of hydrogen-bond acceptors (Lipinski definition) is 4. The van der Waals surface area contributed by atoms with Crippen LogP contribution in [0.15, 0.2) is 47.8 Å². The smallest absolute Gasteiger partial charge is 0.333 e. The molecular formula is C15H12INO6. The molecule has 0 unspecified atom stereocenters. The van der Waals surface area contributed by atoms with E-state index in [9.17, 15) is 24.6 Å². The molecule has 8 heteroatoms. The van der Waals surface area contributed by atoms with Gasteiger partial charge < -0.3 is 20.2 Å².